The van der Waals surface area contributed by atoms with Crippen molar-refractivity contribution in [2.45, 2.75) is 44.8 Å². The maximum absolute atomic E-state index is 11.2. The van der Waals surface area contributed by atoms with E-state index in [0.717, 1.165) is 37.2 Å². The van der Waals surface area contributed by atoms with Crippen molar-refractivity contribution >= 4 is 17.4 Å². The number of carbonyl (C=O) groups is 1. The second kappa shape index (κ2) is 6.80. The predicted molar refractivity (Wildman–Crippen MR) is 85.8 cm³/mol. The molecule has 0 aliphatic carbocycles. The molecule has 0 aromatic heterocycles. The number of urea groups is 1. The zero-order valence-corrected chi connectivity index (χ0v) is 13.0. The lowest BCUT2D eigenvalue weighted by Gasteiger charge is -2.38. The van der Waals surface area contributed by atoms with Crippen LogP contribution in [0.4, 0.5) is 16.2 Å². The van der Waals surface area contributed by atoms with Crippen LogP contribution in [0.25, 0.3) is 0 Å². The van der Waals surface area contributed by atoms with Crippen molar-refractivity contribution in [3.8, 4) is 0 Å². The van der Waals surface area contributed by atoms with E-state index in [2.05, 4.69) is 29.8 Å². The number of benzene rings is 1. The van der Waals surface area contributed by atoms with Crippen LogP contribution >= 0.6 is 0 Å². The van der Waals surface area contributed by atoms with Gasteiger partial charge >= 0.3 is 6.03 Å². The highest BCUT2D eigenvalue weighted by molar-refractivity contribution is 5.89. The molecule has 5 nitrogen and oxygen atoms in total. The van der Waals surface area contributed by atoms with Gasteiger partial charge in [0.2, 0.25) is 0 Å². The van der Waals surface area contributed by atoms with Crippen molar-refractivity contribution in [3.05, 3.63) is 24.3 Å². The molecule has 2 rings (SSSR count). The molecule has 21 heavy (non-hydrogen) atoms. The summed E-state index contributed by atoms with van der Waals surface area (Å²) in [5.41, 5.74) is 1.84. The molecule has 1 aliphatic heterocycles. The van der Waals surface area contributed by atoms with E-state index in [1.165, 1.54) is 0 Å². The van der Waals surface area contributed by atoms with Gasteiger partial charge in [0.05, 0.1) is 5.60 Å². The van der Waals surface area contributed by atoms with Crippen LogP contribution < -0.4 is 16.0 Å². The Kier molecular flexibility index (Phi) is 5.07. The summed E-state index contributed by atoms with van der Waals surface area (Å²) in [5.74, 6) is 0. The van der Waals surface area contributed by atoms with E-state index in [1.807, 2.05) is 24.3 Å². The molecule has 0 spiro atoms. The lowest BCUT2D eigenvalue weighted by molar-refractivity contribution is -0.0708. The predicted octanol–water partition coefficient (Wildman–Crippen LogP) is 3.20. The molecule has 1 aromatic rings. The molecule has 0 bridgehead atoms. The maximum Gasteiger partial charge on any atom is 0.318 e. The molecule has 116 valence electrons. The fourth-order valence-electron chi connectivity index (χ4n) is 2.58. The Morgan fingerprint density at radius 3 is 2.62 bits per heavy atom. The third-order valence-electron chi connectivity index (χ3n) is 4.08. The minimum atomic E-state index is -0.209. The molecular weight excluding hydrogens is 266 g/mol. The van der Waals surface area contributed by atoms with Crippen molar-refractivity contribution in [1.82, 2.24) is 5.32 Å². The van der Waals surface area contributed by atoms with Gasteiger partial charge < -0.3 is 20.7 Å². The minimum Gasteiger partial charge on any atom is -0.382 e. The molecule has 1 heterocycles. The lowest BCUT2D eigenvalue weighted by atomic mass is 9.90. The average Bonchev–Trinajstić information content (AvgIpc) is 2.49. The number of nitrogens with one attached hydrogen (secondary N) is 3. The van der Waals surface area contributed by atoms with E-state index in [-0.39, 0.29) is 11.6 Å². The number of rotatable bonds is 4. The van der Waals surface area contributed by atoms with E-state index in [9.17, 15) is 4.79 Å². The van der Waals surface area contributed by atoms with E-state index in [1.54, 1.807) is 7.05 Å². The van der Waals surface area contributed by atoms with Crippen molar-refractivity contribution in [2.24, 2.45) is 0 Å². The van der Waals surface area contributed by atoms with E-state index < -0.39 is 0 Å². The minimum absolute atomic E-state index is 0.0172. The number of hydrogen-bond acceptors (Lipinski definition) is 3. The Balaban J connectivity index is 1.92. The highest BCUT2D eigenvalue weighted by atomic mass is 16.5. The first-order chi connectivity index (χ1) is 10.0. The summed E-state index contributed by atoms with van der Waals surface area (Å²) in [6.45, 7) is 5.15. The molecular formula is C16H25N3O2. The lowest BCUT2D eigenvalue weighted by Crippen LogP contribution is -2.41. The molecule has 3 N–H and O–H groups in total. The number of anilines is 2. The third-order valence-corrected chi connectivity index (χ3v) is 4.08. The molecule has 1 saturated heterocycles. The number of ether oxygens (including phenoxy) is 1. The highest BCUT2D eigenvalue weighted by Crippen LogP contribution is 2.29. The Morgan fingerprint density at radius 2 is 2.00 bits per heavy atom. The van der Waals surface area contributed by atoms with Crippen molar-refractivity contribution in [2.75, 3.05) is 24.3 Å². The summed E-state index contributed by atoms with van der Waals surface area (Å²) in [4.78, 5) is 11.2. The average molecular weight is 291 g/mol. The molecule has 1 aliphatic rings. The largest absolute Gasteiger partial charge is 0.382 e. The van der Waals surface area contributed by atoms with Crippen LogP contribution in [0, 0.1) is 0 Å². The van der Waals surface area contributed by atoms with Gasteiger partial charge in [-0.1, -0.05) is 6.92 Å². The first kappa shape index (κ1) is 15.6. The smallest absolute Gasteiger partial charge is 0.318 e. The SMILES string of the molecule is CCC1(C)CC(Nc2ccc(NC(=O)NC)cc2)CCO1. The number of hydrogen-bond donors (Lipinski definition) is 3. The van der Waals surface area contributed by atoms with Crippen LogP contribution in [-0.2, 0) is 4.74 Å². The quantitative estimate of drug-likeness (QED) is 0.798. The molecule has 2 amide bonds. The van der Waals surface area contributed by atoms with Crippen LogP contribution in [-0.4, -0.2) is 31.3 Å². The van der Waals surface area contributed by atoms with Gasteiger partial charge in [-0.05, 0) is 50.5 Å². The third kappa shape index (κ3) is 4.36. The fraction of sp³-hybridized carbons (Fsp3) is 0.562. The number of amides is 2. The Morgan fingerprint density at radius 1 is 1.33 bits per heavy atom. The monoisotopic (exact) mass is 291 g/mol. The highest BCUT2D eigenvalue weighted by Gasteiger charge is 2.31. The molecule has 0 radical (unpaired) electrons. The van der Waals surface area contributed by atoms with Crippen molar-refractivity contribution in [1.29, 1.82) is 0 Å². The molecule has 2 atom stereocenters. The summed E-state index contributed by atoms with van der Waals surface area (Å²) < 4.78 is 5.86. The van der Waals surface area contributed by atoms with Crippen LogP contribution in [0.2, 0.25) is 0 Å². The van der Waals surface area contributed by atoms with Gasteiger partial charge in [-0.2, -0.15) is 0 Å². The summed E-state index contributed by atoms with van der Waals surface area (Å²) in [5, 5.41) is 8.83. The van der Waals surface area contributed by atoms with Crippen molar-refractivity contribution < 1.29 is 9.53 Å². The first-order valence-electron chi connectivity index (χ1n) is 7.54. The van der Waals surface area contributed by atoms with Gasteiger partial charge in [-0.15, -0.1) is 0 Å². The van der Waals surface area contributed by atoms with Crippen LogP contribution in [0.3, 0.4) is 0 Å². The normalized spacial score (nSPS) is 25.2. The summed E-state index contributed by atoms with van der Waals surface area (Å²) >= 11 is 0. The second-order valence-corrected chi connectivity index (χ2v) is 5.77. The summed E-state index contributed by atoms with van der Waals surface area (Å²) in [7, 11) is 1.60. The van der Waals surface area contributed by atoms with Crippen LogP contribution in [0.5, 0.6) is 0 Å². The topological polar surface area (TPSA) is 62.4 Å². The number of carbonyl (C=O) groups excluding carboxylic acids is 1. The van der Waals surface area contributed by atoms with Gasteiger partial charge in [0.25, 0.3) is 0 Å². The van der Waals surface area contributed by atoms with E-state index >= 15 is 0 Å². The zero-order valence-electron chi connectivity index (χ0n) is 13.0. The van der Waals surface area contributed by atoms with Gasteiger partial charge in [0.15, 0.2) is 0 Å². The second-order valence-electron chi connectivity index (χ2n) is 5.77. The standard InChI is InChI=1S/C16H25N3O2/c1-4-16(2)11-14(9-10-21-16)18-12-5-7-13(8-6-12)19-15(20)17-3/h5-8,14,18H,4,9-11H2,1-3H3,(H2,17,19,20). The van der Waals surface area contributed by atoms with Gasteiger partial charge in [0.1, 0.15) is 0 Å². The fourth-order valence-corrected chi connectivity index (χ4v) is 2.58. The molecule has 5 heteroatoms. The summed E-state index contributed by atoms with van der Waals surface area (Å²) in [6.07, 6.45) is 3.07. The summed E-state index contributed by atoms with van der Waals surface area (Å²) in [6, 6.07) is 8.00. The van der Waals surface area contributed by atoms with Gasteiger partial charge in [-0.25, -0.2) is 4.79 Å². The van der Waals surface area contributed by atoms with Crippen molar-refractivity contribution in [3.63, 3.8) is 0 Å². The first-order valence-corrected chi connectivity index (χ1v) is 7.54. The molecule has 2 unspecified atom stereocenters. The maximum atomic E-state index is 11.2. The Labute approximate surface area is 126 Å². The van der Waals surface area contributed by atoms with Gasteiger partial charge in [-0.3, -0.25) is 0 Å². The van der Waals surface area contributed by atoms with E-state index in [4.69, 9.17) is 4.74 Å². The van der Waals surface area contributed by atoms with Gasteiger partial charge in [0, 0.05) is 31.1 Å². The van der Waals surface area contributed by atoms with E-state index in [0.29, 0.717) is 6.04 Å². The molecule has 1 aromatic carbocycles. The molecule has 1 fully saturated rings. The zero-order chi connectivity index (χ0) is 15.3. The Bertz CT molecular complexity index is 475. The Hall–Kier alpha value is -1.75. The molecule has 0 saturated carbocycles. The van der Waals surface area contributed by atoms with Crippen LogP contribution in [0.1, 0.15) is 33.1 Å². The van der Waals surface area contributed by atoms with Crippen LogP contribution in [0.15, 0.2) is 24.3 Å².